The second-order valence-electron chi connectivity index (χ2n) is 8.50. The second kappa shape index (κ2) is 11.0. The number of anilines is 1. The highest BCUT2D eigenvalue weighted by Gasteiger charge is 2.36. The fourth-order valence-electron chi connectivity index (χ4n) is 4.17. The van der Waals surface area contributed by atoms with Gasteiger partial charge in [0.05, 0.1) is 37.8 Å². The van der Waals surface area contributed by atoms with E-state index in [0.717, 1.165) is 0 Å². The summed E-state index contributed by atoms with van der Waals surface area (Å²) in [6.45, 7) is 1.04. The van der Waals surface area contributed by atoms with Gasteiger partial charge in [0.2, 0.25) is 0 Å². The van der Waals surface area contributed by atoms with Crippen LogP contribution in [0.2, 0.25) is 0 Å². The molecule has 0 bridgehead atoms. The van der Waals surface area contributed by atoms with E-state index in [9.17, 15) is 14.7 Å². The van der Waals surface area contributed by atoms with Crippen molar-refractivity contribution in [3.8, 4) is 0 Å². The number of aryl methyl sites for hydroxylation is 1. The Morgan fingerprint density at radius 3 is 2.54 bits per heavy atom. The van der Waals surface area contributed by atoms with Gasteiger partial charge in [-0.05, 0) is 12.5 Å². The van der Waals surface area contributed by atoms with Crippen molar-refractivity contribution in [2.45, 2.75) is 56.6 Å². The Balaban J connectivity index is 0.000000173. The molecule has 0 radical (unpaired) electrons. The molecule has 3 aromatic heterocycles. The number of H-pyrrole nitrogens is 1. The normalized spacial score (nSPS) is 27.0. The van der Waals surface area contributed by atoms with E-state index >= 15 is 0 Å². The SMILES string of the molecule is Cc1cn([C@H]2C[C@H](N=[N+]=[N-])[C@@H](CO)O2)c(=O)[nH]c1=O.Nc1ncnc2c1ncn2[C@H]1C[C@H](O)[C@@H](CO)O1. The largest absolute Gasteiger partial charge is 0.394 e. The lowest BCUT2D eigenvalue weighted by Gasteiger charge is -2.14. The molecule has 5 heterocycles. The third kappa shape index (κ3) is 5.31. The van der Waals surface area contributed by atoms with E-state index in [1.165, 1.54) is 17.1 Å². The fraction of sp³-hybridized carbons (Fsp3) is 0.550. The molecule has 0 amide bonds. The highest BCUT2D eigenvalue weighted by molar-refractivity contribution is 5.81. The van der Waals surface area contributed by atoms with Crippen LogP contribution in [0, 0.1) is 6.92 Å². The third-order valence-electron chi connectivity index (χ3n) is 6.12. The molecule has 0 saturated carbocycles. The molecule has 2 fully saturated rings. The first-order chi connectivity index (χ1) is 17.8. The summed E-state index contributed by atoms with van der Waals surface area (Å²) in [5.41, 5.74) is 14.5. The number of hydrogen-bond donors (Lipinski definition) is 5. The predicted octanol–water partition coefficient (Wildman–Crippen LogP) is -1.15. The number of nitrogen functional groups attached to an aromatic ring is 1. The average molecular weight is 518 g/mol. The molecule has 6 N–H and O–H groups in total. The van der Waals surface area contributed by atoms with Crippen LogP contribution in [0.3, 0.4) is 0 Å². The highest BCUT2D eigenvalue weighted by Crippen LogP contribution is 2.31. The Morgan fingerprint density at radius 2 is 1.86 bits per heavy atom. The summed E-state index contributed by atoms with van der Waals surface area (Å²) < 4.78 is 13.9. The number of rotatable bonds is 5. The molecule has 17 nitrogen and oxygen atoms in total. The van der Waals surface area contributed by atoms with Crippen molar-refractivity contribution in [1.29, 1.82) is 0 Å². The summed E-state index contributed by atoms with van der Waals surface area (Å²) in [6, 6.07) is -0.542. The second-order valence-corrected chi connectivity index (χ2v) is 8.50. The number of imidazole rings is 1. The standard InChI is InChI=1S/C10H13N5O4.C10H13N5O3/c1-5-3-15(10(18)12-9(5)17)8-2-6(13-14-11)7(4-16)19-8;11-9-8-10(13-3-12-9)15(4-14-8)7-1-5(17)6(2-16)18-7/h3,6-8,16H,2,4H2,1H3,(H,12,17,18);3-7,16-17H,1-2H2,(H2,11,12,13)/t6-,7+,8+;5-,6+,7+/m00/s1. The number of hydrogen-bond acceptors (Lipinski definition) is 12. The number of nitrogens with one attached hydrogen (secondary N) is 1. The van der Waals surface area contributed by atoms with Crippen molar-refractivity contribution in [2.24, 2.45) is 5.11 Å². The van der Waals surface area contributed by atoms with E-state index in [4.69, 9.17) is 31.0 Å². The molecular formula is C20H26N10O7. The van der Waals surface area contributed by atoms with Crippen molar-refractivity contribution in [1.82, 2.24) is 29.1 Å². The molecule has 0 aromatic carbocycles. The first-order valence-electron chi connectivity index (χ1n) is 11.3. The van der Waals surface area contributed by atoms with E-state index in [2.05, 4.69) is 30.0 Å². The highest BCUT2D eigenvalue weighted by atomic mass is 16.5. The maximum absolute atomic E-state index is 11.7. The Hall–Kier alpha value is -3.86. The number of ether oxygens (including phenoxy) is 2. The van der Waals surface area contributed by atoms with Gasteiger partial charge in [-0.3, -0.25) is 18.9 Å². The van der Waals surface area contributed by atoms with Crippen molar-refractivity contribution in [3.05, 3.63) is 55.7 Å². The Kier molecular flexibility index (Phi) is 7.82. The minimum Gasteiger partial charge on any atom is -0.394 e. The molecule has 17 heteroatoms. The number of aromatic nitrogens is 6. The smallest absolute Gasteiger partial charge is 0.330 e. The molecule has 3 aromatic rings. The summed E-state index contributed by atoms with van der Waals surface area (Å²) in [7, 11) is 0. The summed E-state index contributed by atoms with van der Waals surface area (Å²) in [5.74, 6) is 0.302. The maximum Gasteiger partial charge on any atom is 0.330 e. The molecule has 5 rings (SSSR count). The van der Waals surface area contributed by atoms with Crippen molar-refractivity contribution < 1.29 is 24.8 Å². The molecule has 0 unspecified atom stereocenters. The topological polar surface area (TPSA) is 252 Å². The first-order valence-corrected chi connectivity index (χ1v) is 11.3. The number of fused-ring (bicyclic) bond motifs is 1. The van der Waals surface area contributed by atoms with Crippen LogP contribution in [0.1, 0.15) is 30.9 Å². The van der Waals surface area contributed by atoms with Gasteiger partial charge in [-0.1, -0.05) is 5.11 Å². The Bertz CT molecular complexity index is 1410. The maximum atomic E-state index is 11.7. The molecule has 0 spiro atoms. The number of nitrogens with zero attached hydrogens (tertiary/aromatic N) is 8. The quantitative estimate of drug-likeness (QED) is 0.153. The zero-order valence-electron chi connectivity index (χ0n) is 19.7. The van der Waals surface area contributed by atoms with Crippen molar-refractivity contribution in [2.75, 3.05) is 18.9 Å². The molecule has 2 saturated heterocycles. The number of azide groups is 1. The minimum atomic E-state index is -0.698. The van der Waals surface area contributed by atoms with Crippen LogP contribution < -0.4 is 17.0 Å². The van der Waals surface area contributed by atoms with Crippen molar-refractivity contribution >= 4 is 17.0 Å². The van der Waals surface area contributed by atoms with Gasteiger partial charge in [0.15, 0.2) is 11.5 Å². The van der Waals surface area contributed by atoms with Crippen molar-refractivity contribution in [3.63, 3.8) is 0 Å². The van der Waals surface area contributed by atoms with Gasteiger partial charge >= 0.3 is 5.69 Å². The first kappa shape index (κ1) is 26.2. The zero-order chi connectivity index (χ0) is 26.7. The molecule has 2 aliphatic rings. The van der Waals surface area contributed by atoms with Gasteiger partial charge in [0.1, 0.15) is 30.4 Å². The predicted molar refractivity (Wildman–Crippen MR) is 126 cm³/mol. The molecule has 2 aliphatic heterocycles. The molecule has 198 valence electrons. The van der Waals surface area contributed by atoms with Crippen LogP contribution in [0.5, 0.6) is 0 Å². The monoisotopic (exact) mass is 518 g/mol. The minimum absolute atomic E-state index is 0.221. The Labute approximate surface area is 207 Å². The lowest BCUT2D eigenvalue weighted by atomic mass is 10.1. The van der Waals surface area contributed by atoms with Gasteiger partial charge in [0, 0.05) is 29.5 Å². The van der Waals surface area contributed by atoms with Gasteiger partial charge < -0.3 is 30.5 Å². The third-order valence-corrected chi connectivity index (χ3v) is 6.12. The number of aromatic amines is 1. The van der Waals surface area contributed by atoms with Gasteiger partial charge in [-0.15, -0.1) is 0 Å². The summed E-state index contributed by atoms with van der Waals surface area (Å²) >= 11 is 0. The summed E-state index contributed by atoms with van der Waals surface area (Å²) in [4.78, 5) is 39.9. The molecule has 6 atom stereocenters. The lowest BCUT2D eigenvalue weighted by molar-refractivity contribution is -0.0432. The number of nitrogens with two attached hydrogens (primary N) is 1. The van der Waals surface area contributed by atoms with Gasteiger partial charge in [-0.2, -0.15) is 0 Å². The van der Waals surface area contributed by atoms with Crippen LogP contribution in [-0.2, 0) is 9.47 Å². The van der Waals surface area contributed by atoms with E-state index in [1.54, 1.807) is 17.8 Å². The van der Waals surface area contributed by atoms with Gasteiger partial charge in [-0.25, -0.2) is 19.7 Å². The zero-order valence-corrected chi connectivity index (χ0v) is 19.7. The summed E-state index contributed by atoms with van der Waals surface area (Å²) in [5, 5.41) is 31.4. The fourth-order valence-corrected chi connectivity index (χ4v) is 4.17. The van der Waals surface area contributed by atoms with E-state index in [0.29, 0.717) is 29.0 Å². The van der Waals surface area contributed by atoms with Crippen LogP contribution in [0.15, 0.2) is 33.6 Å². The van der Waals surface area contributed by atoms with Gasteiger partial charge in [0.25, 0.3) is 5.56 Å². The van der Waals surface area contributed by atoms with Crippen LogP contribution in [0.4, 0.5) is 5.82 Å². The van der Waals surface area contributed by atoms with Crippen LogP contribution in [-0.4, -0.2) is 82.0 Å². The number of aliphatic hydroxyl groups is 3. The van der Waals surface area contributed by atoms with E-state index in [-0.39, 0.29) is 19.6 Å². The van der Waals surface area contributed by atoms with E-state index in [1.807, 2.05) is 0 Å². The van der Waals surface area contributed by atoms with Crippen LogP contribution in [0.25, 0.3) is 21.6 Å². The Morgan fingerprint density at radius 1 is 1.16 bits per heavy atom. The molecule has 37 heavy (non-hydrogen) atoms. The molecule has 0 aliphatic carbocycles. The van der Waals surface area contributed by atoms with Crippen LogP contribution >= 0.6 is 0 Å². The van der Waals surface area contributed by atoms with E-state index < -0.39 is 48.1 Å². The molecular weight excluding hydrogens is 492 g/mol. The number of aliphatic hydroxyl groups excluding tert-OH is 3. The lowest BCUT2D eigenvalue weighted by Crippen LogP contribution is -2.33. The average Bonchev–Trinajstić information content (AvgIpc) is 3.59. The summed E-state index contributed by atoms with van der Waals surface area (Å²) in [6.07, 6.45) is 1.92.